The molecule has 1 heterocycles. The van der Waals surface area contributed by atoms with E-state index in [2.05, 4.69) is 5.32 Å². The zero-order valence-corrected chi connectivity index (χ0v) is 17.2. The van der Waals surface area contributed by atoms with Gasteiger partial charge < -0.3 is 15.2 Å². The Labute approximate surface area is 161 Å². The summed E-state index contributed by atoms with van der Waals surface area (Å²) >= 11 is 0. The van der Waals surface area contributed by atoms with Crippen LogP contribution in [0.5, 0.6) is 5.75 Å². The molecule has 0 saturated carbocycles. The maximum absolute atomic E-state index is 13.1. The van der Waals surface area contributed by atoms with E-state index in [-0.39, 0.29) is 23.9 Å². The number of aliphatic carboxylic acids is 1. The Morgan fingerprint density at radius 2 is 1.89 bits per heavy atom. The van der Waals surface area contributed by atoms with Crippen LogP contribution in [0.15, 0.2) is 24.3 Å². The highest BCUT2D eigenvalue weighted by molar-refractivity contribution is 5.85. The van der Waals surface area contributed by atoms with Crippen molar-refractivity contribution in [2.75, 3.05) is 14.2 Å². The van der Waals surface area contributed by atoms with Crippen molar-refractivity contribution in [2.45, 2.75) is 64.1 Å². The first-order valence-electron chi connectivity index (χ1n) is 9.54. The van der Waals surface area contributed by atoms with Crippen molar-refractivity contribution in [1.29, 1.82) is 0 Å². The molecule has 0 aliphatic carbocycles. The smallest absolute Gasteiger partial charge is 0.324 e. The molecular formula is C21H32N2O4. The van der Waals surface area contributed by atoms with Crippen LogP contribution in [0, 0.1) is 5.92 Å². The molecule has 0 aromatic heterocycles. The van der Waals surface area contributed by atoms with Crippen LogP contribution in [0.1, 0.15) is 58.6 Å². The number of amides is 1. The lowest BCUT2D eigenvalue weighted by atomic mass is 9.86. The zero-order chi connectivity index (χ0) is 20.4. The minimum absolute atomic E-state index is 0.0916. The highest BCUT2D eigenvalue weighted by Crippen LogP contribution is 2.48. The molecule has 1 aliphatic rings. The van der Waals surface area contributed by atoms with Crippen LogP contribution in [0.25, 0.3) is 0 Å². The van der Waals surface area contributed by atoms with Crippen LogP contribution in [-0.2, 0) is 9.59 Å². The number of hydrogen-bond donors (Lipinski definition) is 2. The Balaban J connectivity index is 2.46. The number of rotatable bonds is 7. The number of nitrogens with zero attached hydrogens (tertiary/aromatic N) is 1. The fourth-order valence-electron chi connectivity index (χ4n) is 3.95. The molecule has 0 spiro atoms. The van der Waals surface area contributed by atoms with Gasteiger partial charge in [0.15, 0.2) is 0 Å². The number of likely N-dealkylation sites (N-methyl/N-ethyl adjacent to an activating group) is 1. The largest absolute Gasteiger partial charge is 0.497 e. The van der Waals surface area contributed by atoms with Crippen LogP contribution in [0.2, 0.25) is 0 Å². The number of carboxylic acid groups (broad SMARTS) is 1. The average molecular weight is 376 g/mol. The van der Waals surface area contributed by atoms with Crippen LogP contribution < -0.4 is 10.1 Å². The van der Waals surface area contributed by atoms with Crippen molar-refractivity contribution in [2.24, 2.45) is 5.92 Å². The van der Waals surface area contributed by atoms with Gasteiger partial charge in [-0.3, -0.25) is 14.5 Å². The second kappa shape index (κ2) is 7.89. The lowest BCUT2D eigenvalue weighted by Crippen LogP contribution is -2.48. The van der Waals surface area contributed by atoms with Crippen molar-refractivity contribution < 1.29 is 19.4 Å². The van der Waals surface area contributed by atoms with E-state index in [0.717, 1.165) is 17.7 Å². The van der Waals surface area contributed by atoms with E-state index in [4.69, 9.17) is 4.74 Å². The molecule has 6 nitrogen and oxygen atoms in total. The second-order valence-electron chi connectivity index (χ2n) is 8.06. The SMILES string of the molecule is CCC(C)(C)NC(=O)[C@H]1C[C@@](CC)(C(=O)O)N(C)[C@H]1c1ccc(OC)cc1. The molecule has 2 N–H and O–H groups in total. The summed E-state index contributed by atoms with van der Waals surface area (Å²) in [5, 5.41) is 13.1. The number of carboxylic acids is 1. The maximum atomic E-state index is 13.1. The predicted octanol–water partition coefficient (Wildman–Crippen LogP) is 3.23. The number of carbonyl (C=O) groups is 2. The quantitative estimate of drug-likeness (QED) is 0.764. The Morgan fingerprint density at radius 3 is 2.33 bits per heavy atom. The molecule has 6 heteroatoms. The normalized spacial score (nSPS) is 26.0. The summed E-state index contributed by atoms with van der Waals surface area (Å²) in [6.45, 7) is 7.86. The maximum Gasteiger partial charge on any atom is 0.324 e. The van der Waals surface area contributed by atoms with Crippen LogP contribution >= 0.6 is 0 Å². The van der Waals surface area contributed by atoms with Gasteiger partial charge >= 0.3 is 5.97 Å². The molecule has 27 heavy (non-hydrogen) atoms. The van der Waals surface area contributed by atoms with Gasteiger partial charge in [0.25, 0.3) is 0 Å². The third-order valence-electron chi connectivity index (χ3n) is 6.15. The summed E-state index contributed by atoms with van der Waals surface area (Å²) < 4.78 is 5.23. The summed E-state index contributed by atoms with van der Waals surface area (Å²) in [6, 6.07) is 7.22. The summed E-state index contributed by atoms with van der Waals surface area (Å²) in [5.41, 5.74) is -0.464. The van der Waals surface area contributed by atoms with E-state index in [0.29, 0.717) is 6.42 Å². The molecule has 1 aromatic carbocycles. The van der Waals surface area contributed by atoms with Gasteiger partial charge in [-0.25, -0.2) is 0 Å². The first kappa shape index (κ1) is 21.2. The molecule has 0 unspecified atom stereocenters. The number of benzene rings is 1. The zero-order valence-electron chi connectivity index (χ0n) is 17.2. The molecule has 3 atom stereocenters. The molecule has 1 fully saturated rings. The van der Waals surface area contributed by atoms with Gasteiger partial charge in [-0.1, -0.05) is 26.0 Å². The van der Waals surface area contributed by atoms with Crippen molar-refractivity contribution >= 4 is 11.9 Å². The van der Waals surface area contributed by atoms with Crippen molar-refractivity contribution in [1.82, 2.24) is 10.2 Å². The predicted molar refractivity (Wildman–Crippen MR) is 105 cm³/mol. The molecule has 0 bridgehead atoms. The number of likely N-dealkylation sites (tertiary alicyclic amines) is 1. The first-order chi connectivity index (χ1) is 12.6. The molecule has 0 radical (unpaired) electrons. The number of carbonyl (C=O) groups excluding carboxylic acids is 1. The first-order valence-corrected chi connectivity index (χ1v) is 9.54. The molecule has 1 aromatic rings. The van der Waals surface area contributed by atoms with E-state index >= 15 is 0 Å². The van der Waals surface area contributed by atoms with Crippen LogP contribution in [0.4, 0.5) is 0 Å². The minimum Gasteiger partial charge on any atom is -0.497 e. The van der Waals surface area contributed by atoms with Gasteiger partial charge in [0.05, 0.1) is 13.0 Å². The monoisotopic (exact) mass is 376 g/mol. The summed E-state index contributed by atoms with van der Waals surface area (Å²) in [5.74, 6) is -0.681. The summed E-state index contributed by atoms with van der Waals surface area (Å²) in [4.78, 5) is 27.2. The van der Waals surface area contributed by atoms with E-state index < -0.39 is 17.4 Å². The Hall–Kier alpha value is -2.08. The number of ether oxygens (including phenoxy) is 1. The van der Waals surface area contributed by atoms with Crippen molar-refractivity contribution in [3.8, 4) is 5.75 Å². The van der Waals surface area contributed by atoms with Crippen molar-refractivity contribution in [3.05, 3.63) is 29.8 Å². The molecule has 2 rings (SSSR count). The van der Waals surface area contributed by atoms with Crippen LogP contribution in [0.3, 0.4) is 0 Å². The molecule has 150 valence electrons. The van der Waals surface area contributed by atoms with Gasteiger partial charge in [0, 0.05) is 11.6 Å². The lowest BCUT2D eigenvalue weighted by molar-refractivity contribution is -0.150. The van der Waals surface area contributed by atoms with E-state index in [1.807, 2.05) is 63.9 Å². The number of nitrogens with one attached hydrogen (secondary N) is 1. The number of methoxy groups -OCH3 is 1. The fourth-order valence-corrected chi connectivity index (χ4v) is 3.95. The molecule has 1 amide bonds. The average Bonchev–Trinajstić information content (AvgIpc) is 2.95. The van der Waals surface area contributed by atoms with E-state index in [9.17, 15) is 14.7 Å². The van der Waals surface area contributed by atoms with E-state index in [1.165, 1.54) is 0 Å². The third-order valence-corrected chi connectivity index (χ3v) is 6.15. The third kappa shape index (κ3) is 3.95. The van der Waals surface area contributed by atoms with Gasteiger partial charge in [-0.2, -0.15) is 0 Å². The Bertz CT molecular complexity index is 686. The summed E-state index contributed by atoms with van der Waals surface area (Å²) in [6.07, 6.45) is 1.52. The Kier molecular flexibility index (Phi) is 6.20. The fraction of sp³-hybridized carbons (Fsp3) is 0.619. The second-order valence-corrected chi connectivity index (χ2v) is 8.06. The molecular weight excluding hydrogens is 344 g/mol. The molecule has 1 saturated heterocycles. The summed E-state index contributed by atoms with van der Waals surface area (Å²) in [7, 11) is 3.41. The van der Waals surface area contributed by atoms with Crippen LogP contribution in [-0.4, -0.2) is 47.1 Å². The van der Waals surface area contributed by atoms with E-state index in [1.54, 1.807) is 7.11 Å². The van der Waals surface area contributed by atoms with Gasteiger partial charge in [0.2, 0.25) is 5.91 Å². The highest BCUT2D eigenvalue weighted by atomic mass is 16.5. The Morgan fingerprint density at radius 1 is 1.30 bits per heavy atom. The highest BCUT2D eigenvalue weighted by Gasteiger charge is 2.56. The van der Waals surface area contributed by atoms with Gasteiger partial charge in [-0.15, -0.1) is 0 Å². The van der Waals surface area contributed by atoms with Crippen molar-refractivity contribution in [3.63, 3.8) is 0 Å². The standard InChI is InChI=1S/C21H32N2O4/c1-7-20(3,4)22-18(24)16-13-21(8-2,19(25)26)23(5)17(16)14-9-11-15(27-6)12-10-14/h9-12,16-17H,7-8,13H2,1-6H3,(H,22,24)(H,25,26)/t16-,17-,21-/m0/s1. The topological polar surface area (TPSA) is 78.9 Å². The number of hydrogen-bond acceptors (Lipinski definition) is 4. The molecule has 1 aliphatic heterocycles. The minimum atomic E-state index is -1.05. The van der Waals surface area contributed by atoms with Gasteiger partial charge in [0.1, 0.15) is 11.3 Å². The lowest BCUT2D eigenvalue weighted by Gasteiger charge is -2.34. The van der Waals surface area contributed by atoms with Gasteiger partial charge in [-0.05, 0) is 57.9 Å².